The molecule has 2 amide bonds. The lowest BCUT2D eigenvalue weighted by molar-refractivity contribution is -0.160. The van der Waals surface area contributed by atoms with E-state index in [4.69, 9.17) is 0 Å². The van der Waals surface area contributed by atoms with E-state index in [-0.39, 0.29) is 18.4 Å². The van der Waals surface area contributed by atoms with Crippen molar-refractivity contribution in [3.63, 3.8) is 0 Å². The Kier molecular flexibility index (Phi) is 6.45. The van der Waals surface area contributed by atoms with Gasteiger partial charge in [0.2, 0.25) is 11.8 Å². The number of hydrogen-bond acceptors (Lipinski definition) is 4. The third-order valence-corrected chi connectivity index (χ3v) is 8.27. The number of aromatic nitrogens is 1. The van der Waals surface area contributed by atoms with Gasteiger partial charge in [0.25, 0.3) is 0 Å². The summed E-state index contributed by atoms with van der Waals surface area (Å²) in [7, 11) is 0. The molecule has 3 aromatic rings. The first-order valence-electron chi connectivity index (χ1n) is 13.4. The minimum Gasteiger partial charge on any atom is -0.327 e. The minimum absolute atomic E-state index is 0.0624. The van der Waals surface area contributed by atoms with E-state index >= 15 is 0 Å². The van der Waals surface area contributed by atoms with Crippen LogP contribution in [0.5, 0.6) is 0 Å². The number of rotatable bonds is 5. The van der Waals surface area contributed by atoms with Crippen LogP contribution in [0.4, 0.5) is 0 Å². The smallest absolute Gasteiger partial charge is 0.247 e. The summed E-state index contributed by atoms with van der Waals surface area (Å²) in [6.07, 6.45) is 8.37. The summed E-state index contributed by atoms with van der Waals surface area (Å²) in [4.78, 5) is 36.8. The van der Waals surface area contributed by atoms with Gasteiger partial charge in [0.1, 0.15) is 12.6 Å². The summed E-state index contributed by atoms with van der Waals surface area (Å²) in [5, 5.41) is 1.15. The van der Waals surface area contributed by atoms with Crippen LogP contribution < -0.4 is 0 Å². The van der Waals surface area contributed by atoms with Gasteiger partial charge in [-0.05, 0) is 47.6 Å². The fraction of sp³-hybridized carbons (Fsp3) is 0.433. The molecule has 186 valence electrons. The van der Waals surface area contributed by atoms with E-state index < -0.39 is 6.04 Å². The third kappa shape index (κ3) is 4.62. The maximum absolute atomic E-state index is 13.5. The Labute approximate surface area is 212 Å². The number of pyridine rings is 1. The molecular weight excluding hydrogens is 448 g/mol. The van der Waals surface area contributed by atoms with Gasteiger partial charge < -0.3 is 9.80 Å². The van der Waals surface area contributed by atoms with Crippen molar-refractivity contribution in [3.05, 3.63) is 77.5 Å². The number of benzene rings is 2. The molecule has 0 spiro atoms. The zero-order valence-electron chi connectivity index (χ0n) is 20.8. The average Bonchev–Trinajstić information content (AvgIpc) is 2.93. The molecule has 2 aliphatic heterocycles. The second-order valence-corrected chi connectivity index (χ2v) is 10.6. The van der Waals surface area contributed by atoms with E-state index in [0.717, 1.165) is 29.6 Å². The first kappa shape index (κ1) is 23.2. The van der Waals surface area contributed by atoms with Gasteiger partial charge in [-0.3, -0.25) is 19.5 Å². The maximum Gasteiger partial charge on any atom is 0.247 e. The number of fused-ring (bicyclic) bond motifs is 2. The minimum atomic E-state index is -0.408. The predicted octanol–water partition coefficient (Wildman–Crippen LogP) is 4.34. The molecule has 3 fully saturated rings. The molecule has 1 unspecified atom stereocenters. The van der Waals surface area contributed by atoms with Gasteiger partial charge >= 0.3 is 0 Å². The lowest BCUT2D eigenvalue weighted by Crippen LogP contribution is -2.66. The summed E-state index contributed by atoms with van der Waals surface area (Å²) >= 11 is 0. The highest BCUT2D eigenvalue weighted by atomic mass is 16.2. The van der Waals surface area contributed by atoms with Crippen LogP contribution in [0.3, 0.4) is 0 Å². The van der Waals surface area contributed by atoms with Crippen LogP contribution in [-0.2, 0) is 22.7 Å². The van der Waals surface area contributed by atoms with E-state index in [9.17, 15) is 9.59 Å². The molecule has 1 aliphatic carbocycles. The highest BCUT2D eigenvalue weighted by Crippen LogP contribution is 2.33. The Bertz CT molecular complexity index is 1250. The lowest BCUT2D eigenvalue weighted by atomic mass is 9.84. The van der Waals surface area contributed by atoms with E-state index in [1.54, 1.807) is 9.80 Å². The summed E-state index contributed by atoms with van der Waals surface area (Å²) in [6.45, 7) is 3.36. The molecule has 6 heteroatoms. The quantitative estimate of drug-likeness (QED) is 0.543. The molecule has 0 bridgehead atoms. The third-order valence-electron chi connectivity index (χ3n) is 8.27. The number of carbonyl (C=O) groups is 2. The highest BCUT2D eigenvalue weighted by molar-refractivity contribution is 5.95. The summed E-state index contributed by atoms with van der Waals surface area (Å²) in [6, 6.07) is 18.6. The second kappa shape index (κ2) is 10.0. The molecular formula is C30H34N4O2. The van der Waals surface area contributed by atoms with E-state index in [2.05, 4.69) is 46.3 Å². The van der Waals surface area contributed by atoms with Crippen LogP contribution in [0.2, 0.25) is 0 Å². The van der Waals surface area contributed by atoms with E-state index in [0.29, 0.717) is 25.6 Å². The molecule has 0 radical (unpaired) electrons. The molecule has 3 aliphatic rings. The Morgan fingerprint density at radius 2 is 1.69 bits per heavy atom. The number of piperazine rings is 2. The van der Waals surface area contributed by atoms with Gasteiger partial charge in [0, 0.05) is 44.3 Å². The molecule has 6 rings (SSSR count). The summed E-state index contributed by atoms with van der Waals surface area (Å²) in [5.41, 5.74) is 4.70. The molecule has 1 aromatic heterocycles. The Morgan fingerprint density at radius 1 is 0.861 bits per heavy atom. The first-order valence-corrected chi connectivity index (χ1v) is 13.4. The van der Waals surface area contributed by atoms with Crippen molar-refractivity contribution in [3.8, 4) is 0 Å². The molecule has 3 heterocycles. The van der Waals surface area contributed by atoms with Crippen molar-refractivity contribution >= 4 is 22.7 Å². The Balaban J connectivity index is 1.13. The van der Waals surface area contributed by atoms with Crippen molar-refractivity contribution in [1.29, 1.82) is 0 Å². The molecule has 2 saturated heterocycles. The number of nitrogens with zero attached hydrogens (tertiary/aromatic N) is 4. The van der Waals surface area contributed by atoms with Crippen LogP contribution in [0.15, 0.2) is 60.8 Å². The largest absolute Gasteiger partial charge is 0.327 e. The van der Waals surface area contributed by atoms with E-state index in [1.807, 2.05) is 24.4 Å². The molecule has 36 heavy (non-hydrogen) atoms. The van der Waals surface area contributed by atoms with Crippen molar-refractivity contribution in [2.24, 2.45) is 0 Å². The first-order chi connectivity index (χ1) is 17.7. The van der Waals surface area contributed by atoms with E-state index in [1.165, 1.54) is 43.2 Å². The number of amides is 2. The monoisotopic (exact) mass is 482 g/mol. The molecule has 2 aromatic carbocycles. The SMILES string of the molecule is O=C1C2CN(Cc3cccc4ncccc34)CCN2C(=O)CN1Cc1ccc(C2CCCCC2)cc1. The van der Waals surface area contributed by atoms with Crippen LogP contribution in [0, 0.1) is 0 Å². The molecule has 0 N–H and O–H groups in total. The standard InChI is InChI=1S/C30H34N4O2/c35-29-21-33(18-22-11-13-24(14-12-22)23-6-2-1-3-7-23)30(36)28-20-32(16-17-34(28)29)19-25-8-4-10-27-26(25)9-5-15-31-27/h4-5,8-15,23,28H,1-3,6-7,16-21H2. The molecule has 1 saturated carbocycles. The van der Waals surface area contributed by atoms with Crippen molar-refractivity contribution < 1.29 is 9.59 Å². The van der Waals surface area contributed by atoms with Crippen LogP contribution in [0.25, 0.3) is 10.9 Å². The topological polar surface area (TPSA) is 56.8 Å². The zero-order chi connectivity index (χ0) is 24.5. The van der Waals surface area contributed by atoms with Crippen LogP contribution in [-0.4, -0.2) is 63.7 Å². The highest BCUT2D eigenvalue weighted by Gasteiger charge is 2.42. The summed E-state index contributed by atoms with van der Waals surface area (Å²) < 4.78 is 0. The van der Waals surface area contributed by atoms with Gasteiger partial charge in [0.15, 0.2) is 0 Å². The zero-order valence-corrected chi connectivity index (χ0v) is 20.8. The molecule has 6 nitrogen and oxygen atoms in total. The fourth-order valence-corrected chi connectivity index (χ4v) is 6.27. The Morgan fingerprint density at radius 3 is 2.53 bits per heavy atom. The van der Waals surface area contributed by atoms with Gasteiger partial charge in [-0.25, -0.2) is 0 Å². The van der Waals surface area contributed by atoms with Crippen LogP contribution in [0.1, 0.15) is 54.7 Å². The normalized spacial score (nSPS) is 21.7. The number of carbonyl (C=O) groups excluding carboxylic acids is 2. The molecule has 1 atom stereocenters. The van der Waals surface area contributed by atoms with Crippen molar-refractivity contribution in [2.75, 3.05) is 26.2 Å². The van der Waals surface area contributed by atoms with Gasteiger partial charge in [-0.1, -0.05) is 61.7 Å². The van der Waals surface area contributed by atoms with Crippen molar-refractivity contribution in [2.45, 2.75) is 57.2 Å². The van der Waals surface area contributed by atoms with Crippen molar-refractivity contribution in [1.82, 2.24) is 19.7 Å². The average molecular weight is 483 g/mol. The van der Waals surface area contributed by atoms with Gasteiger partial charge in [0.05, 0.1) is 5.52 Å². The number of hydrogen-bond donors (Lipinski definition) is 0. The van der Waals surface area contributed by atoms with Crippen LogP contribution >= 0.6 is 0 Å². The maximum atomic E-state index is 13.5. The summed E-state index contributed by atoms with van der Waals surface area (Å²) in [5.74, 6) is 0.799. The second-order valence-electron chi connectivity index (χ2n) is 10.6. The van der Waals surface area contributed by atoms with Gasteiger partial charge in [-0.15, -0.1) is 0 Å². The lowest BCUT2D eigenvalue weighted by Gasteiger charge is -2.46. The van der Waals surface area contributed by atoms with Gasteiger partial charge in [-0.2, -0.15) is 0 Å². The fourth-order valence-electron chi connectivity index (χ4n) is 6.27. The Hall–Kier alpha value is -3.25. The predicted molar refractivity (Wildman–Crippen MR) is 140 cm³/mol.